The van der Waals surface area contributed by atoms with E-state index in [4.69, 9.17) is 0 Å². The molecule has 2 aromatic carbocycles. The lowest BCUT2D eigenvalue weighted by atomic mass is 10.2. The zero-order chi connectivity index (χ0) is 16.2. The summed E-state index contributed by atoms with van der Waals surface area (Å²) < 4.78 is 1.90. The minimum absolute atomic E-state index is 0.173. The molecule has 0 bridgehead atoms. The lowest BCUT2D eigenvalue weighted by Crippen LogP contribution is -2.26. The first-order chi connectivity index (χ1) is 11.2. The third-order valence-electron chi connectivity index (χ3n) is 3.58. The summed E-state index contributed by atoms with van der Waals surface area (Å²) in [5.41, 5.74) is 2.52. The van der Waals surface area contributed by atoms with Gasteiger partial charge in [0.05, 0.1) is 17.6 Å². The quantitative estimate of drug-likeness (QED) is 0.704. The number of para-hydroxylation sites is 1. The number of nitrogens with zero attached hydrogens (tertiary/aromatic N) is 3. The van der Waals surface area contributed by atoms with Gasteiger partial charge in [0, 0.05) is 13.6 Å². The molecule has 0 saturated heterocycles. The van der Waals surface area contributed by atoms with Crippen molar-refractivity contribution in [2.24, 2.45) is 0 Å². The van der Waals surface area contributed by atoms with Gasteiger partial charge in [-0.1, -0.05) is 48.5 Å². The molecule has 3 aromatic rings. The predicted octanol–water partition coefficient (Wildman–Crippen LogP) is 3.63. The first-order valence-corrected chi connectivity index (χ1v) is 8.04. The van der Waals surface area contributed by atoms with Crippen molar-refractivity contribution in [3.8, 4) is 5.69 Å². The molecule has 0 saturated carbocycles. The number of halogens is 1. The van der Waals surface area contributed by atoms with Crippen LogP contribution in [0.3, 0.4) is 0 Å². The maximum absolute atomic E-state index is 12.6. The second kappa shape index (κ2) is 6.79. The largest absolute Gasteiger partial charge is 0.368 e. The highest BCUT2D eigenvalue weighted by molar-refractivity contribution is 9.10. The average molecular weight is 370 g/mol. The van der Waals surface area contributed by atoms with E-state index in [0.29, 0.717) is 11.0 Å². The average Bonchev–Trinajstić information content (AvgIpc) is 2.59. The second-order valence-electron chi connectivity index (χ2n) is 5.24. The topological polar surface area (TPSA) is 38.1 Å². The summed E-state index contributed by atoms with van der Waals surface area (Å²) in [4.78, 5) is 14.6. The van der Waals surface area contributed by atoms with Gasteiger partial charge in [0.25, 0.3) is 5.56 Å². The van der Waals surface area contributed by atoms with Crippen LogP contribution in [-0.2, 0) is 6.54 Å². The van der Waals surface area contributed by atoms with Crippen LogP contribution < -0.4 is 10.5 Å². The molecule has 0 radical (unpaired) electrons. The molecule has 3 rings (SSSR count). The Morgan fingerprint density at radius 3 is 2.30 bits per heavy atom. The molecular formula is C18H16BrN3O. The van der Waals surface area contributed by atoms with E-state index in [-0.39, 0.29) is 5.56 Å². The molecule has 23 heavy (non-hydrogen) atoms. The molecule has 1 heterocycles. The van der Waals surface area contributed by atoms with Crippen LogP contribution in [0.4, 0.5) is 5.69 Å². The zero-order valence-corrected chi connectivity index (χ0v) is 14.3. The van der Waals surface area contributed by atoms with Crippen molar-refractivity contribution in [1.82, 2.24) is 9.78 Å². The molecule has 5 heteroatoms. The second-order valence-corrected chi connectivity index (χ2v) is 6.03. The zero-order valence-electron chi connectivity index (χ0n) is 12.7. The molecule has 0 unspecified atom stereocenters. The van der Waals surface area contributed by atoms with E-state index in [9.17, 15) is 4.79 Å². The van der Waals surface area contributed by atoms with E-state index in [0.717, 1.165) is 11.4 Å². The van der Waals surface area contributed by atoms with Crippen molar-refractivity contribution >= 4 is 21.6 Å². The van der Waals surface area contributed by atoms with Gasteiger partial charge in [-0.3, -0.25) is 4.79 Å². The molecule has 0 spiro atoms. The molecule has 0 aliphatic heterocycles. The minimum atomic E-state index is -0.173. The first-order valence-electron chi connectivity index (χ1n) is 7.25. The molecule has 0 atom stereocenters. The van der Waals surface area contributed by atoms with Crippen LogP contribution in [0.15, 0.2) is 76.1 Å². The van der Waals surface area contributed by atoms with Crippen molar-refractivity contribution in [3.05, 3.63) is 87.3 Å². The first kappa shape index (κ1) is 15.5. The smallest absolute Gasteiger partial charge is 0.287 e. The Morgan fingerprint density at radius 1 is 1.04 bits per heavy atom. The van der Waals surface area contributed by atoms with Crippen molar-refractivity contribution < 1.29 is 0 Å². The van der Waals surface area contributed by atoms with Crippen LogP contribution >= 0.6 is 15.9 Å². The fourth-order valence-electron chi connectivity index (χ4n) is 2.39. The summed E-state index contributed by atoms with van der Waals surface area (Å²) in [6, 6.07) is 19.5. The van der Waals surface area contributed by atoms with Crippen LogP contribution in [0, 0.1) is 0 Å². The summed E-state index contributed by atoms with van der Waals surface area (Å²) in [6.45, 7) is 0.704. The fraction of sp³-hybridized carbons (Fsp3) is 0.111. The van der Waals surface area contributed by atoms with E-state index < -0.39 is 0 Å². The summed E-state index contributed by atoms with van der Waals surface area (Å²) in [6.07, 6.45) is 1.71. The summed E-state index contributed by atoms with van der Waals surface area (Å²) >= 11 is 3.43. The van der Waals surface area contributed by atoms with E-state index in [2.05, 4.69) is 33.2 Å². The molecule has 116 valence electrons. The van der Waals surface area contributed by atoms with E-state index in [1.165, 1.54) is 10.2 Å². The Labute approximate surface area is 143 Å². The molecular weight excluding hydrogens is 354 g/mol. The SMILES string of the molecule is CN(Cc1ccccc1)c1cnn(-c2ccccc2)c(=O)c1Br. The van der Waals surface area contributed by atoms with Crippen LogP contribution in [0.1, 0.15) is 5.56 Å². The van der Waals surface area contributed by atoms with Gasteiger partial charge >= 0.3 is 0 Å². The number of aromatic nitrogens is 2. The third kappa shape index (κ3) is 3.35. The normalized spacial score (nSPS) is 10.5. The monoisotopic (exact) mass is 369 g/mol. The molecule has 1 aromatic heterocycles. The van der Waals surface area contributed by atoms with Gasteiger partial charge in [-0.15, -0.1) is 0 Å². The van der Waals surface area contributed by atoms with E-state index in [1.807, 2.05) is 60.5 Å². The Bertz CT molecular complexity index is 847. The lowest BCUT2D eigenvalue weighted by molar-refractivity contribution is 0.787. The molecule has 0 aliphatic rings. The highest BCUT2D eigenvalue weighted by Gasteiger charge is 2.13. The standard InChI is InChI=1S/C18H16BrN3O/c1-21(13-14-8-4-2-5-9-14)16-12-20-22(18(23)17(16)19)15-10-6-3-7-11-15/h2-12H,13H2,1H3. The van der Waals surface area contributed by atoms with Gasteiger partial charge in [-0.05, 0) is 33.6 Å². The van der Waals surface area contributed by atoms with E-state index >= 15 is 0 Å². The van der Waals surface area contributed by atoms with Gasteiger partial charge in [-0.2, -0.15) is 9.78 Å². The third-order valence-corrected chi connectivity index (χ3v) is 4.32. The molecule has 0 fully saturated rings. The number of hydrogen-bond donors (Lipinski definition) is 0. The highest BCUT2D eigenvalue weighted by Crippen LogP contribution is 2.22. The van der Waals surface area contributed by atoms with Crippen LogP contribution in [0.5, 0.6) is 0 Å². The van der Waals surface area contributed by atoms with E-state index in [1.54, 1.807) is 6.20 Å². The Balaban J connectivity index is 1.93. The Hall–Kier alpha value is -2.40. The number of benzene rings is 2. The molecule has 4 nitrogen and oxygen atoms in total. The predicted molar refractivity (Wildman–Crippen MR) is 96.1 cm³/mol. The highest BCUT2D eigenvalue weighted by atomic mass is 79.9. The summed E-state index contributed by atoms with van der Waals surface area (Å²) in [5, 5.41) is 4.30. The fourth-order valence-corrected chi connectivity index (χ4v) is 2.96. The summed E-state index contributed by atoms with van der Waals surface area (Å²) in [5.74, 6) is 0. The Kier molecular flexibility index (Phi) is 4.57. The van der Waals surface area contributed by atoms with Crippen LogP contribution in [-0.4, -0.2) is 16.8 Å². The Morgan fingerprint density at radius 2 is 1.65 bits per heavy atom. The number of rotatable bonds is 4. The van der Waals surface area contributed by atoms with Crippen LogP contribution in [0.25, 0.3) is 5.69 Å². The maximum Gasteiger partial charge on any atom is 0.287 e. The van der Waals surface area contributed by atoms with Gasteiger partial charge < -0.3 is 4.90 Å². The van der Waals surface area contributed by atoms with Crippen LogP contribution in [0.2, 0.25) is 0 Å². The van der Waals surface area contributed by atoms with Crippen molar-refractivity contribution in [2.45, 2.75) is 6.54 Å². The molecule has 0 aliphatic carbocycles. The number of anilines is 1. The van der Waals surface area contributed by atoms with Crippen molar-refractivity contribution in [3.63, 3.8) is 0 Å². The van der Waals surface area contributed by atoms with Gasteiger partial charge in [0.2, 0.25) is 0 Å². The minimum Gasteiger partial charge on any atom is -0.368 e. The molecule has 0 N–H and O–H groups in total. The van der Waals surface area contributed by atoms with Gasteiger partial charge in [0.15, 0.2) is 0 Å². The maximum atomic E-state index is 12.6. The lowest BCUT2D eigenvalue weighted by Gasteiger charge is -2.20. The molecule has 0 amide bonds. The van der Waals surface area contributed by atoms with Crippen molar-refractivity contribution in [2.75, 3.05) is 11.9 Å². The van der Waals surface area contributed by atoms with Crippen molar-refractivity contribution in [1.29, 1.82) is 0 Å². The van der Waals surface area contributed by atoms with Gasteiger partial charge in [0.1, 0.15) is 4.47 Å². The van der Waals surface area contributed by atoms with Gasteiger partial charge in [-0.25, -0.2) is 0 Å². The number of hydrogen-bond acceptors (Lipinski definition) is 3. The summed E-state index contributed by atoms with van der Waals surface area (Å²) in [7, 11) is 1.95.